The average Bonchev–Trinajstić information content (AvgIpc) is 3.04. The summed E-state index contributed by atoms with van der Waals surface area (Å²) in [5.74, 6) is 2.97. The molecule has 1 aliphatic carbocycles. The van der Waals surface area contributed by atoms with E-state index in [1.54, 1.807) is 28.5 Å². The van der Waals surface area contributed by atoms with E-state index in [9.17, 15) is 4.79 Å². The van der Waals surface area contributed by atoms with Gasteiger partial charge in [0.25, 0.3) is 5.56 Å². The van der Waals surface area contributed by atoms with Gasteiger partial charge in [0.1, 0.15) is 11.6 Å². The van der Waals surface area contributed by atoms with Crippen LogP contribution in [-0.2, 0) is 12.3 Å². The first-order chi connectivity index (χ1) is 13.2. The van der Waals surface area contributed by atoms with E-state index in [-0.39, 0.29) is 5.56 Å². The monoisotopic (exact) mass is 399 g/mol. The number of hydrogen-bond acceptors (Lipinski definition) is 7. The molecule has 0 radical (unpaired) electrons. The van der Waals surface area contributed by atoms with Gasteiger partial charge in [-0.1, -0.05) is 11.8 Å². The van der Waals surface area contributed by atoms with Crippen molar-refractivity contribution < 1.29 is 4.42 Å². The van der Waals surface area contributed by atoms with Crippen LogP contribution in [0.15, 0.2) is 44.2 Å². The SMILES string of the molecule is Cc1csc2nc(CSc3nnc(C4CC4)n3Cc3ccco3)cc(=O)n12. The van der Waals surface area contributed by atoms with Crippen LogP contribution in [0.2, 0.25) is 0 Å². The molecule has 0 spiro atoms. The summed E-state index contributed by atoms with van der Waals surface area (Å²) in [5, 5.41) is 11.6. The first-order valence-corrected chi connectivity index (χ1v) is 10.6. The summed E-state index contributed by atoms with van der Waals surface area (Å²) in [6.07, 6.45) is 4.00. The molecule has 27 heavy (non-hydrogen) atoms. The zero-order chi connectivity index (χ0) is 18.4. The zero-order valence-corrected chi connectivity index (χ0v) is 16.3. The van der Waals surface area contributed by atoms with Crippen molar-refractivity contribution in [1.29, 1.82) is 0 Å². The molecule has 1 aliphatic rings. The normalized spacial score (nSPS) is 14.3. The number of fused-ring (bicyclic) bond motifs is 1. The smallest absolute Gasteiger partial charge is 0.258 e. The lowest BCUT2D eigenvalue weighted by Crippen LogP contribution is -2.14. The summed E-state index contributed by atoms with van der Waals surface area (Å²) < 4.78 is 9.27. The van der Waals surface area contributed by atoms with Crippen LogP contribution in [0.5, 0.6) is 0 Å². The third-order valence-electron chi connectivity index (χ3n) is 4.56. The molecule has 1 saturated carbocycles. The molecule has 138 valence electrons. The zero-order valence-electron chi connectivity index (χ0n) is 14.7. The number of nitrogens with zero attached hydrogens (tertiary/aromatic N) is 5. The molecule has 0 atom stereocenters. The Morgan fingerprint density at radius 1 is 1.37 bits per heavy atom. The fourth-order valence-electron chi connectivity index (χ4n) is 3.07. The van der Waals surface area contributed by atoms with E-state index in [1.165, 1.54) is 11.3 Å². The number of aryl methyl sites for hydroxylation is 1. The fraction of sp³-hybridized carbons (Fsp3) is 0.333. The maximum absolute atomic E-state index is 12.3. The Morgan fingerprint density at radius 2 is 2.26 bits per heavy atom. The molecule has 0 saturated heterocycles. The lowest BCUT2D eigenvalue weighted by atomic mass is 10.3. The highest BCUT2D eigenvalue weighted by Gasteiger charge is 2.30. The molecule has 0 bridgehead atoms. The van der Waals surface area contributed by atoms with Gasteiger partial charge in [-0.15, -0.1) is 21.5 Å². The summed E-state index contributed by atoms with van der Waals surface area (Å²) in [5.41, 5.74) is 1.64. The van der Waals surface area contributed by atoms with Gasteiger partial charge in [0.05, 0.1) is 18.5 Å². The molecule has 1 fully saturated rings. The van der Waals surface area contributed by atoms with E-state index in [2.05, 4.69) is 19.7 Å². The van der Waals surface area contributed by atoms with Gasteiger partial charge in [-0.25, -0.2) is 4.98 Å². The van der Waals surface area contributed by atoms with Crippen molar-refractivity contribution in [2.45, 2.75) is 43.1 Å². The van der Waals surface area contributed by atoms with Gasteiger partial charge in [-0.05, 0) is 31.9 Å². The van der Waals surface area contributed by atoms with Crippen molar-refractivity contribution in [3.05, 3.63) is 63.2 Å². The number of thiazole rings is 1. The first kappa shape index (κ1) is 16.8. The van der Waals surface area contributed by atoms with Crippen LogP contribution in [0.25, 0.3) is 4.96 Å². The Kier molecular flexibility index (Phi) is 4.13. The van der Waals surface area contributed by atoms with Crippen molar-refractivity contribution >= 4 is 28.1 Å². The van der Waals surface area contributed by atoms with Gasteiger partial charge in [0.15, 0.2) is 10.1 Å². The molecule has 0 unspecified atom stereocenters. The molecule has 0 aliphatic heterocycles. The molecule has 9 heteroatoms. The minimum absolute atomic E-state index is 0.0370. The minimum atomic E-state index is -0.0370. The molecule has 7 nitrogen and oxygen atoms in total. The molecule has 0 N–H and O–H groups in total. The second-order valence-electron chi connectivity index (χ2n) is 6.65. The summed E-state index contributed by atoms with van der Waals surface area (Å²) in [7, 11) is 0. The Bertz CT molecular complexity index is 1150. The Labute approximate surface area is 163 Å². The van der Waals surface area contributed by atoms with Crippen LogP contribution in [0.1, 0.15) is 41.7 Å². The number of thioether (sulfide) groups is 1. The highest BCUT2D eigenvalue weighted by molar-refractivity contribution is 7.98. The van der Waals surface area contributed by atoms with E-state index in [1.807, 2.05) is 24.4 Å². The van der Waals surface area contributed by atoms with Crippen molar-refractivity contribution in [1.82, 2.24) is 24.1 Å². The number of furan rings is 1. The van der Waals surface area contributed by atoms with Crippen molar-refractivity contribution in [3.63, 3.8) is 0 Å². The number of rotatable bonds is 6. The second-order valence-corrected chi connectivity index (χ2v) is 8.43. The van der Waals surface area contributed by atoms with Gasteiger partial charge < -0.3 is 4.42 Å². The van der Waals surface area contributed by atoms with Crippen molar-refractivity contribution in [3.8, 4) is 0 Å². The molecule has 5 rings (SSSR count). The average molecular weight is 400 g/mol. The molecule has 4 heterocycles. The first-order valence-electron chi connectivity index (χ1n) is 8.74. The van der Waals surface area contributed by atoms with Gasteiger partial charge in [-0.2, -0.15) is 0 Å². The summed E-state index contributed by atoms with van der Waals surface area (Å²) in [4.78, 5) is 17.7. The van der Waals surface area contributed by atoms with Crippen LogP contribution < -0.4 is 5.56 Å². The quantitative estimate of drug-likeness (QED) is 0.462. The molecule has 0 amide bonds. The topological polar surface area (TPSA) is 78.2 Å². The van der Waals surface area contributed by atoms with E-state index in [4.69, 9.17) is 4.42 Å². The van der Waals surface area contributed by atoms with Crippen LogP contribution in [0, 0.1) is 6.92 Å². The summed E-state index contributed by atoms with van der Waals surface area (Å²) >= 11 is 3.04. The van der Waals surface area contributed by atoms with Gasteiger partial charge >= 0.3 is 0 Å². The van der Waals surface area contributed by atoms with Crippen LogP contribution in [0.4, 0.5) is 0 Å². The fourth-order valence-corrected chi connectivity index (χ4v) is 4.80. The maximum atomic E-state index is 12.3. The standard InChI is InChI=1S/C18H17N5O2S2/c1-11-9-26-17-19-13(7-15(24)23(11)17)10-27-18-21-20-16(12-4-5-12)22(18)8-14-3-2-6-25-14/h2-3,6-7,9,12H,4-5,8,10H2,1H3. The van der Waals surface area contributed by atoms with Crippen LogP contribution in [-0.4, -0.2) is 24.1 Å². The number of aromatic nitrogens is 5. The Hall–Kier alpha value is -2.39. The van der Waals surface area contributed by atoms with Crippen molar-refractivity contribution in [2.24, 2.45) is 0 Å². The van der Waals surface area contributed by atoms with Crippen LogP contribution in [0.3, 0.4) is 0 Å². The maximum Gasteiger partial charge on any atom is 0.258 e. The highest BCUT2D eigenvalue weighted by atomic mass is 32.2. The largest absolute Gasteiger partial charge is 0.467 e. The van der Waals surface area contributed by atoms with Crippen molar-refractivity contribution in [2.75, 3.05) is 0 Å². The number of hydrogen-bond donors (Lipinski definition) is 0. The lowest BCUT2D eigenvalue weighted by Gasteiger charge is -2.08. The van der Waals surface area contributed by atoms with Crippen LogP contribution >= 0.6 is 23.1 Å². The lowest BCUT2D eigenvalue weighted by molar-refractivity contribution is 0.478. The molecule has 0 aromatic carbocycles. The summed E-state index contributed by atoms with van der Waals surface area (Å²) in [6, 6.07) is 5.45. The van der Waals surface area contributed by atoms with Gasteiger partial charge in [-0.3, -0.25) is 13.8 Å². The Balaban J connectivity index is 1.42. The molecule has 4 aromatic heterocycles. The van der Waals surface area contributed by atoms with E-state index in [0.29, 0.717) is 18.2 Å². The Morgan fingerprint density at radius 3 is 3.04 bits per heavy atom. The van der Waals surface area contributed by atoms with E-state index in [0.717, 1.165) is 45.9 Å². The third-order valence-corrected chi connectivity index (χ3v) is 6.50. The molecular formula is C18H17N5O2S2. The highest BCUT2D eigenvalue weighted by Crippen LogP contribution is 2.40. The molecular weight excluding hydrogens is 382 g/mol. The van der Waals surface area contributed by atoms with E-state index < -0.39 is 0 Å². The van der Waals surface area contributed by atoms with E-state index >= 15 is 0 Å². The predicted molar refractivity (Wildman–Crippen MR) is 103 cm³/mol. The third kappa shape index (κ3) is 3.21. The second kappa shape index (κ2) is 6.65. The molecule has 4 aromatic rings. The minimum Gasteiger partial charge on any atom is -0.467 e. The van der Waals surface area contributed by atoms with Gasteiger partial charge in [0, 0.05) is 28.8 Å². The van der Waals surface area contributed by atoms with Gasteiger partial charge in [0.2, 0.25) is 0 Å². The summed E-state index contributed by atoms with van der Waals surface area (Å²) in [6.45, 7) is 2.53. The predicted octanol–water partition coefficient (Wildman–Crippen LogP) is 3.47.